The van der Waals surface area contributed by atoms with Gasteiger partial charge < -0.3 is 4.74 Å². The Hall–Kier alpha value is -2.04. The summed E-state index contributed by atoms with van der Waals surface area (Å²) in [5.41, 5.74) is -0.0840. The SMILES string of the molecule is CC(=O)OCC(=O)C1=CC[C@H]2[C@@H]3CCC4CC(=O)C=C[C@]4(C)[C@H]3C(=O)C[C@]12C. The van der Waals surface area contributed by atoms with Crippen molar-refractivity contribution in [1.29, 1.82) is 0 Å². The topological polar surface area (TPSA) is 77.5 Å². The highest BCUT2D eigenvalue weighted by Gasteiger charge is 2.61. The molecule has 0 spiro atoms. The fourth-order valence-electron chi connectivity index (χ4n) is 6.71. The van der Waals surface area contributed by atoms with Crippen LogP contribution in [-0.2, 0) is 23.9 Å². The van der Waals surface area contributed by atoms with Gasteiger partial charge in [0.2, 0.25) is 0 Å². The van der Waals surface area contributed by atoms with Crippen molar-refractivity contribution in [2.24, 2.45) is 34.5 Å². The molecule has 0 radical (unpaired) electrons. The quantitative estimate of drug-likeness (QED) is 0.698. The smallest absolute Gasteiger partial charge is 0.303 e. The lowest BCUT2D eigenvalue weighted by molar-refractivity contribution is -0.150. The second-order valence-corrected chi connectivity index (χ2v) is 9.51. The van der Waals surface area contributed by atoms with Crippen molar-refractivity contribution in [3.8, 4) is 0 Å². The van der Waals surface area contributed by atoms with Crippen LogP contribution in [-0.4, -0.2) is 29.9 Å². The first-order valence-electron chi connectivity index (χ1n) is 10.3. The molecule has 5 heteroatoms. The minimum absolute atomic E-state index is 0.0787. The van der Waals surface area contributed by atoms with Gasteiger partial charge in [0.05, 0.1) is 0 Å². The van der Waals surface area contributed by atoms with Gasteiger partial charge in [0.15, 0.2) is 18.2 Å². The van der Waals surface area contributed by atoms with Gasteiger partial charge in [0.25, 0.3) is 0 Å². The number of hydrogen-bond donors (Lipinski definition) is 0. The first-order valence-corrected chi connectivity index (χ1v) is 10.3. The van der Waals surface area contributed by atoms with E-state index in [9.17, 15) is 19.2 Å². The zero-order valence-electron chi connectivity index (χ0n) is 16.8. The number of allylic oxidation sites excluding steroid dienone is 3. The molecule has 0 amide bonds. The molecule has 5 nitrogen and oxygen atoms in total. The Balaban J connectivity index is 1.62. The van der Waals surface area contributed by atoms with Crippen molar-refractivity contribution in [2.45, 2.75) is 52.9 Å². The summed E-state index contributed by atoms with van der Waals surface area (Å²) in [6, 6.07) is 0. The monoisotopic (exact) mass is 384 g/mol. The van der Waals surface area contributed by atoms with Gasteiger partial charge in [-0.2, -0.15) is 0 Å². The maximum Gasteiger partial charge on any atom is 0.303 e. The largest absolute Gasteiger partial charge is 0.457 e. The average molecular weight is 384 g/mol. The van der Waals surface area contributed by atoms with E-state index in [1.165, 1.54) is 6.92 Å². The summed E-state index contributed by atoms with van der Waals surface area (Å²) < 4.78 is 4.92. The van der Waals surface area contributed by atoms with E-state index in [4.69, 9.17) is 4.74 Å². The van der Waals surface area contributed by atoms with Crippen LogP contribution in [0.5, 0.6) is 0 Å². The first-order chi connectivity index (χ1) is 13.2. The van der Waals surface area contributed by atoms with E-state index in [-0.39, 0.29) is 53.0 Å². The summed E-state index contributed by atoms with van der Waals surface area (Å²) >= 11 is 0. The molecular weight excluding hydrogens is 356 g/mol. The molecule has 0 aliphatic heterocycles. The van der Waals surface area contributed by atoms with E-state index in [0.29, 0.717) is 18.4 Å². The number of rotatable bonds is 3. The van der Waals surface area contributed by atoms with Crippen LogP contribution in [0.2, 0.25) is 0 Å². The van der Waals surface area contributed by atoms with Crippen LogP contribution in [0.3, 0.4) is 0 Å². The third-order valence-electron chi connectivity index (χ3n) is 8.02. The summed E-state index contributed by atoms with van der Waals surface area (Å²) in [4.78, 5) is 49.1. The van der Waals surface area contributed by atoms with E-state index in [0.717, 1.165) is 19.3 Å². The number of ether oxygens (including phenoxy) is 1. The summed E-state index contributed by atoms with van der Waals surface area (Å²) in [5.74, 6) is 0.339. The Bertz CT molecular complexity index is 821. The molecule has 0 saturated heterocycles. The van der Waals surface area contributed by atoms with Gasteiger partial charge in [0, 0.05) is 36.7 Å². The Morgan fingerprint density at radius 2 is 1.96 bits per heavy atom. The standard InChI is InChI=1S/C23H28O5/c1-13(24)28-12-20(27)18-7-6-17-16-5-4-14-10-15(25)8-9-22(14,2)21(16)19(26)11-23(17,18)3/h7-9,14,16-17,21H,4-6,10-12H2,1-3H3/t14?,16-,17-,21+,22-,23-/m0/s1. The van der Waals surface area contributed by atoms with Gasteiger partial charge in [-0.1, -0.05) is 26.0 Å². The lowest BCUT2D eigenvalue weighted by Crippen LogP contribution is -2.56. The molecule has 0 aromatic rings. The van der Waals surface area contributed by atoms with Crippen LogP contribution in [0.1, 0.15) is 52.9 Å². The second-order valence-electron chi connectivity index (χ2n) is 9.51. The number of esters is 1. The van der Waals surface area contributed by atoms with Crippen molar-refractivity contribution in [3.63, 3.8) is 0 Å². The average Bonchev–Trinajstić information content (AvgIpc) is 2.96. The van der Waals surface area contributed by atoms with E-state index in [1.54, 1.807) is 6.08 Å². The van der Waals surface area contributed by atoms with E-state index in [1.807, 2.05) is 19.1 Å². The molecule has 4 aliphatic carbocycles. The Morgan fingerprint density at radius 1 is 1.21 bits per heavy atom. The Morgan fingerprint density at radius 3 is 2.68 bits per heavy atom. The molecule has 0 N–H and O–H groups in total. The molecular formula is C23H28O5. The maximum absolute atomic E-state index is 13.4. The van der Waals surface area contributed by atoms with E-state index in [2.05, 4.69) is 6.92 Å². The van der Waals surface area contributed by atoms with Crippen LogP contribution < -0.4 is 0 Å². The molecule has 2 fully saturated rings. The van der Waals surface area contributed by atoms with Crippen LogP contribution in [0.25, 0.3) is 0 Å². The summed E-state index contributed by atoms with van der Waals surface area (Å²) in [6.45, 7) is 5.21. The summed E-state index contributed by atoms with van der Waals surface area (Å²) in [7, 11) is 0. The summed E-state index contributed by atoms with van der Waals surface area (Å²) in [6.07, 6.45) is 9.19. The van der Waals surface area contributed by atoms with Crippen LogP contribution in [0.4, 0.5) is 0 Å². The molecule has 0 bridgehead atoms. The number of fused-ring (bicyclic) bond motifs is 5. The molecule has 0 aromatic heterocycles. The number of carbonyl (C=O) groups excluding carboxylic acids is 4. The predicted octanol–water partition coefficient (Wildman–Crippen LogP) is 3.22. The highest BCUT2D eigenvalue weighted by Crippen LogP contribution is 2.64. The highest BCUT2D eigenvalue weighted by molar-refractivity contribution is 6.00. The van der Waals surface area contributed by atoms with Crippen molar-refractivity contribution in [2.75, 3.05) is 6.61 Å². The lowest BCUT2D eigenvalue weighted by atomic mass is 9.45. The van der Waals surface area contributed by atoms with E-state index < -0.39 is 11.4 Å². The van der Waals surface area contributed by atoms with Gasteiger partial charge in [-0.3, -0.25) is 19.2 Å². The van der Waals surface area contributed by atoms with Gasteiger partial charge in [-0.15, -0.1) is 0 Å². The van der Waals surface area contributed by atoms with Crippen molar-refractivity contribution >= 4 is 23.3 Å². The van der Waals surface area contributed by atoms with Gasteiger partial charge in [0.1, 0.15) is 5.78 Å². The van der Waals surface area contributed by atoms with Gasteiger partial charge >= 0.3 is 5.97 Å². The fraction of sp³-hybridized carbons (Fsp3) is 0.652. The molecule has 0 aromatic carbocycles. The number of Topliss-reactive ketones (excluding diaryl/α,β-unsaturated/α-hetero) is 2. The Labute approximate surface area is 165 Å². The fourth-order valence-corrected chi connectivity index (χ4v) is 6.71. The highest BCUT2D eigenvalue weighted by atomic mass is 16.5. The predicted molar refractivity (Wildman–Crippen MR) is 102 cm³/mol. The molecule has 0 heterocycles. The third kappa shape index (κ3) is 2.73. The number of ketones is 3. The number of carbonyl (C=O) groups is 4. The molecule has 2 saturated carbocycles. The maximum atomic E-state index is 13.4. The van der Waals surface area contributed by atoms with E-state index >= 15 is 0 Å². The van der Waals surface area contributed by atoms with Crippen LogP contribution in [0, 0.1) is 34.5 Å². The number of hydrogen-bond acceptors (Lipinski definition) is 5. The zero-order chi connectivity index (χ0) is 20.3. The van der Waals surface area contributed by atoms with Crippen molar-refractivity contribution in [1.82, 2.24) is 0 Å². The van der Waals surface area contributed by atoms with Crippen LogP contribution in [0.15, 0.2) is 23.8 Å². The molecule has 6 atom stereocenters. The second kappa shape index (κ2) is 6.50. The molecule has 28 heavy (non-hydrogen) atoms. The minimum Gasteiger partial charge on any atom is -0.457 e. The third-order valence-corrected chi connectivity index (χ3v) is 8.02. The van der Waals surface area contributed by atoms with Gasteiger partial charge in [-0.05, 0) is 48.5 Å². The molecule has 150 valence electrons. The van der Waals surface area contributed by atoms with Crippen LogP contribution >= 0.6 is 0 Å². The normalized spacial score (nSPS) is 41.6. The van der Waals surface area contributed by atoms with Crippen molar-refractivity contribution < 1.29 is 23.9 Å². The Kier molecular flexibility index (Phi) is 4.48. The molecule has 4 rings (SSSR count). The first kappa shape index (κ1) is 19.3. The summed E-state index contributed by atoms with van der Waals surface area (Å²) in [5, 5.41) is 0. The minimum atomic E-state index is -0.479. The molecule has 1 unspecified atom stereocenters. The molecule has 4 aliphatic rings. The van der Waals surface area contributed by atoms with Gasteiger partial charge in [-0.25, -0.2) is 0 Å². The zero-order valence-corrected chi connectivity index (χ0v) is 16.8. The van der Waals surface area contributed by atoms with Crippen molar-refractivity contribution in [3.05, 3.63) is 23.8 Å². The lowest BCUT2D eigenvalue weighted by Gasteiger charge is -2.57.